The van der Waals surface area contributed by atoms with Crippen LogP contribution in [0.3, 0.4) is 0 Å². The van der Waals surface area contributed by atoms with Crippen molar-refractivity contribution in [2.24, 2.45) is 5.73 Å². The first-order valence-corrected chi connectivity index (χ1v) is 5.58. The van der Waals surface area contributed by atoms with Gasteiger partial charge in [-0.1, -0.05) is 0 Å². The summed E-state index contributed by atoms with van der Waals surface area (Å²) in [5, 5.41) is 3.13. The third-order valence-corrected chi connectivity index (χ3v) is 2.90. The zero-order valence-corrected chi connectivity index (χ0v) is 9.15. The molecule has 2 fully saturated rings. The van der Waals surface area contributed by atoms with Crippen molar-refractivity contribution in [3.8, 4) is 0 Å². The smallest absolute Gasteiger partial charge is 0.242 e. The van der Waals surface area contributed by atoms with Crippen LogP contribution in [-0.4, -0.2) is 55.1 Å². The van der Waals surface area contributed by atoms with Crippen LogP contribution in [-0.2, 0) is 14.3 Å². The average Bonchev–Trinajstić information content (AvgIpc) is 3.09. The first-order valence-electron chi connectivity index (χ1n) is 5.58. The number of hydrogen-bond acceptors (Lipinski definition) is 4. The summed E-state index contributed by atoms with van der Waals surface area (Å²) in [5.74, 6) is -0.571. The van der Waals surface area contributed by atoms with Crippen molar-refractivity contribution in [1.82, 2.24) is 10.2 Å². The van der Waals surface area contributed by atoms with E-state index in [1.807, 2.05) is 0 Å². The molecule has 1 unspecified atom stereocenters. The fraction of sp³-hybridized carbons (Fsp3) is 0.800. The SMILES string of the molecule is NC(=O)C1COCCN1C(=O)CNC1CC1. The molecule has 1 saturated carbocycles. The molecule has 6 heteroatoms. The highest BCUT2D eigenvalue weighted by atomic mass is 16.5. The molecule has 90 valence electrons. The van der Waals surface area contributed by atoms with Gasteiger partial charge in [0.2, 0.25) is 11.8 Å². The maximum absolute atomic E-state index is 11.8. The van der Waals surface area contributed by atoms with Gasteiger partial charge < -0.3 is 20.7 Å². The van der Waals surface area contributed by atoms with Gasteiger partial charge in [-0.3, -0.25) is 9.59 Å². The molecule has 16 heavy (non-hydrogen) atoms. The Morgan fingerprint density at radius 3 is 2.81 bits per heavy atom. The summed E-state index contributed by atoms with van der Waals surface area (Å²) in [4.78, 5) is 24.5. The molecule has 0 aromatic rings. The number of morpholine rings is 1. The summed E-state index contributed by atoms with van der Waals surface area (Å²) < 4.78 is 5.15. The van der Waals surface area contributed by atoms with Crippen LogP contribution in [0.5, 0.6) is 0 Å². The summed E-state index contributed by atoms with van der Waals surface area (Å²) in [5.41, 5.74) is 5.23. The molecule has 1 aliphatic carbocycles. The van der Waals surface area contributed by atoms with Gasteiger partial charge in [0, 0.05) is 12.6 Å². The molecule has 0 aromatic carbocycles. The van der Waals surface area contributed by atoms with Crippen LogP contribution >= 0.6 is 0 Å². The van der Waals surface area contributed by atoms with Crippen LogP contribution in [0.15, 0.2) is 0 Å². The lowest BCUT2D eigenvalue weighted by molar-refractivity contribution is -0.146. The molecule has 2 aliphatic rings. The van der Waals surface area contributed by atoms with E-state index < -0.39 is 11.9 Å². The summed E-state index contributed by atoms with van der Waals surface area (Å²) in [6, 6.07) is -0.126. The Labute approximate surface area is 94.1 Å². The number of nitrogens with one attached hydrogen (secondary N) is 1. The Hall–Kier alpha value is -1.14. The highest BCUT2D eigenvalue weighted by molar-refractivity contribution is 5.87. The van der Waals surface area contributed by atoms with E-state index in [2.05, 4.69) is 5.32 Å². The number of ether oxygens (including phenoxy) is 1. The van der Waals surface area contributed by atoms with E-state index >= 15 is 0 Å². The first kappa shape index (κ1) is 11.3. The monoisotopic (exact) mass is 227 g/mol. The third kappa shape index (κ3) is 2.70. The minimum absolute atomic E-state index is 0.0704. The number of carbonyl (C=O) groups excluding carboxylic acids is 2. The molecule has 2 rings (SSSR count). The third-order valence-electron chi connectivity index (χ3n) is 2.90. The fourth-order valence-electron chi connectivity index (χ4n) is 1.76. The van der Waals surface area contributed by atoms with Gasteiger partial charge in [0.15, 0.2) is 0 Å². The molecule has 0 aromatic heterocycles. The Balaban J connectivity index is 1.87. The normalized spacial score (nSPS) is 25.5. The summed E-state index contributed by atoms with van der Waals surface area (Å²) in [6.45, 7) is 1.41. The van der Waals surface area contributed by atoms with Gasteiger partial charge in [0.05, 0.1) is 19.8 Å². The zero-order valence-electron chi connectivity index (χ0n) is 9.15. The van der Waals surface area contributed by atoms with Crippen molar-refractivity contribution in [2.75, 3.05) is 26.3 Å². The van der Waals surface area contributed by atoms with Crippen LogP contribution in [0.1, 0.15) is 12.8 Å². The number of hydrogen-bond donors (Lipinski definition) is 2. The van der Waals surface area contributed by atoms with Crippen LogP contribution < -0.4 is 11.1 Å². The second kappa shape index (κ2) is 4.80. The van der Waals surface area contributed by atoms with Crippen molar-refractivity contribution < 1.29 is 14.3 Å². The van der Waals surface area contributed by atoms with Gasteiger partial charge >= 0.3 is 0 Å². The molecule has 1 aliphatic heterocycles. The summed E-state index contributed by atoms with van der Waals surface area (Å²) >= 11 is 0. The highest BCUT2D eigenvalue weighted by Gasteiger charge is 2.32. The zero-order chi connectivity index (χ0) is 11.5. The van der Waals surface area contributed by atoms with E-state index in [-0.39, 0.29) is 19.1 Å². The molecule has 1 atom stereocenters. The maximum atomic E-state index is 11.8. The highest BCUT2D eigenvalue weighted by Crippen LogP contribution is 2.18. The van der Waals surface area contributed by atoms with Crippen LogP contribution in [0, 0.1) is 0 Å². The van der Waals surface area contributed by atoms with E-state index in [0.29, 0.717) is 19.2 Å². The molecular weight excluding hydrogens is 210 g/mol. The molecule has 0 bridgehead atoms. The van der Waals surface area contributed by atoms with E-state index in [1.54, 1.807) is 0 Å². The lowest BCUT2D eigenvalue weighted by Gasteiger charge is -2.33. The fourth-order valence-corrected chi connectivity index (χ4v) is 1.76. The number of nitrogens with two attached hydrogens (primary N) is 1. The minimum Gasteiger partial charge on any atom is -0.377 e. The van der Waals surface area contributed by atoms with Gasteiger partial charge in [-0.15, -0.1) is 0 Å². The van der Waals surface area contributed by atoms with Gasteiger partial charge in [0.1, 0.15) is 6.04 Å². The van der Waals surface area contributed by atoms with E-state index in [0.717, 1.165) is 12.8 Å². The quantitative estimate of drug-likeness (QED) is 0.609. The second-order valence-corrected chi connectivity index (χ2v) is 4.24. The lowest BCUT2D eigenvalue weighted by atomic mass is 10.2. The summed E-state index contributed by atoms with van der Waals surface area (Å²) in [7, 11) is 0. The Morgan fingerprint density at radius 2 is 2.19 bits per heavy atom. The largest absolute Gasteiger partial charge is 0.377 e. The molecule has 0 radical (unpaired) electrons. The van der Waals surface area contributed by atoms with Gasteiger partial charge in [-0.25, -0.2) is 0 Å². The Kier molecular flexibility index (Phi) is 3.40. The number of amides is 2. The predicted octanol–water partition coefficient (Wildman–Crippen LogP) is -1.55. The predicted molar refractivity (Wildman–Crippen MR) is 56.5 cm³/mol. The molecule has 0 spiro atoms. The lowest BCUT2D eigenvalue weighted by Crippen LogP contribution is -2.56. The van der Waals surface area contributed by atoms with Crippen LogP contribution in [0.2, 0.25) is 0 Å². The number of primary amides is 1. The van der Waals surface area contributed by atoms with Gasteiger partial charge in [0.25, 0.3) is 0 Å². The molecule has 1 saturated heterocycles. The minimum atomic E-state index is -0.609. The average molecular weight is 227 g/mol. The van der Waals surface area contributed by atoms with E-state index in [9.17, 15) is 9.59 Å². The second-order valence-electron chi connectivity index (χ2n) is 4.24. The first-order chi connectivity index (χ1) is 7.68. The van der Waals surface area contributed by atoms with Crippen molar-refractivity contribution >= 4 is 11.8 Å². The number of nitrogens with zero attached hydrogens (tertiary/aromatic N) is 1. The van der Waals surface area contributed by atoms with Crippen molar-refractivity contribution in [3.63, 3.8) is 0 Å². The molecule has 1 heterocycles. The van der Waals surface area contributed by atoms with Crippen molar-refractivity contribution in [3.05, 3.63) is 0 Å². The number of rotatable bonds is 4. The van der Waals surface area contributed by atoms with E-state index in [1.165, 1.54) is 4.90 Å². The standard InChI is InChI=1S/C10H17N3O3/c11-10(15)8-6-16-4-3-13(8)9(14)5-12-7-1-2-7/h7-8,12H,1-6H2,(H2,11,15). The Morgan fingerprint density at radius 1 is 1.44 bits per heavy atom. The maximum Gasteiger partial charge on any atom is 0.242 e. The van der Waals surface area contributed by atoms with Crippen LogP contribution in [0.4, 0.5) is 0 Å². The molecule has 3 N–H and O–H groups in total. The van der Waals surface area contributed by atoms with Gasteiger partial charge in [-0.2, -0.15) is 0 Å². The molecular formula is C10H17N3O3. The Bertz CT molecular complexity index is 291. The van der Waals surface area contributed by atoms with Crippen LogP contribution in [0.25, 0.3) is 0 Å². The van der Waals surface area contributed by atoms with E-state index in [4.69, 9.17) is 10.5 Å². The summed E-state index contributed by atoms with van der Waals surface area (Å²) in [6.07, 6.45) is 2.27. The topological polar surface area (TPSA) is 84.7 Å². The van der Waals surface area contributed by atoms with Crippen molar-refractivity contribution in [2.45, 2.75) is 24.9 Å². The number of carbonyl (C=O) groups is 2. The molecule has 2 amide bonds. The van der Waals surface area contributed by atoms with Gasteiger partial charge in [-0.05, 0) is 12.8 Å². The van der Waals surface area contributed by atoms with Crippen molar-refractivity contribution in [1.29, 1.82) is 0 Å². The molecule has 6 nitrogen and oxygen atoms in total.